The second kappa shape index (κ2) is 3.43. The lowest BCUT2D eigenvalue weighted by molar-refractivity contribution is 0.153. The van der Waals surface area contributed by atoms with Crippen molar-refractivity contribution < 1.29 is 0 Å². The van der Waals surface area contributed by atoms with Crippen LogP contribution in [-0.4, -0.2) is 5.88 Å². The summed E-state index contributed by atoms with van der Waals surface area (Å²) in [6.07, 6.45) is 8.43. The highest BCUT2D eigenvalue weighted by atomic mass is 35.5. The highest BCUT2D eigenvalue weighted by molar-refractivity contribution is 6.18. The van der Waals surface area contributed by atoms with Gasteiger partial charge in [-0.15, -0.1) is 18.2 Å². The van der Waals surface area contributed by atoms with Crippen molar-refractivity contribution >= 4 is 11.6 Å². The number of hydrogen-bond donors (Lipinski definition) is 0. The van der Waals surface area contributed by atoms with Gasteiger partial charge in [-0.25, -0.2) is 0 Å². The van der Waals surface area contributed by atoms with Gasteiger partial charge in [0.2, 0.25) is 0 Å². The smallest absolute Gasteiger partial charge is 0.0280 e. The Hall–Kier alpha value is 0.0300. The van der Waals surface area contributed by atoms with Crippen LogP contribution in [0.25, 0.3) is 0 Å². The SMILES string of the molecule is C=CCCC1(CCl)CCC1. The second-order valence-electron chi connectivity index (χ2n) is 3.31. The Bertz CT molecular complexity index is 108. The molecule has 0 atom stereocenters. The third-order valence-corrected chi connectivity index (χ3v) is 3.14. The van der Waals surface area contributed by atoms with Crippen LogP contribution in [0.2, 0.25) is 0 Å². The van der Waals surface area contributed by atoms with E-state index in [0.29, 0.717) is 5.41 Å². The van der Waals surface area contributed by atoms with Crippen LogP contribution in [0.4, 0.5) is 0 Å². The quantitative estimate of drug-likeness (QED) is 0.435. The van der Waals surface area contributed by atoms with E-state index >= 15 is 0 Å². The Morgan fingerprint density at radius 3 is 2.50 bits per heavy atom. The standard InChI is InChI=1S/C9H15Cl/c1-2-3-5-9(8-10)6-4-7-9/h2H,1,3-8H2. The summed E-state index contributed by atoms with van der Waals surface area (Å²) in [4.78, 5) is 0. The van der Waals surface area contributed by atoms with Crippen LogP contribution in [-0.2, 0) is 0 Å². The van der Waals surface area contributed by atoms with Crippen molar-refractivity contribution in [2.75, 3.05) is 5.88 Å². The van der Waals surface area contributed by atoms with Crippen LogP contribution in [0.1, 0.15) is 32.1 Å². The van der Waals surface area contributed by atoms with E-state index in [-0.39, 0.29) is 0 Å². The summed E-state index contributed by atoms with van der Waals surface area (Å²) in [5, 5.41) is 0. The molecule has 0 aromatic carbocycles. The van der Waals surface area contributed by atoms with Gasteiger partial charge >= 0.3 is 0 Å². The summed E-state index contributed by atoms with van der Waals surface area (Å²) in [7, 11) is 0. The molecular formula is C9H15Cl. The fourth-order valence-electron chi connectivity index (χ4n) is 1.54. The minimum absolute atomic E-state index is 0.510. The molecule has 0 amide bonds. The number of halogens is 1. The van der Waals surface area contributed by atoms with Crippen LogP contribution >= 0.6 is 11.6 Å². The predicted molar refractivity (Wildman–Crippen MR) is 46.4 cm³/mol. The third kappa shape index (κ3) is 1.54. The Labute approximate surface area is 68.3 Å². The van der Waals surface area contributed by atoms with Gasteiger partial charge in [0.05, 0.1) is 0 Å². The molecule has 1 saturated carbocycles. The normalized spacial score (nSPS) is 21.7. The molecule has 0 heterocycles. The van der Waals surface area contributed by atoms with Gasteiger partial charge in [-0.2, -0.15) is 0 Å². The van der Waals surface area contributed by atoms with Crippen LogP contribution in [0.3, 0.4) is 0 Å². The van der Waals surface area contributed by atoms with Gasteiger partial charge < -0.3 is 0 Å². The molecule has 0 aromatic rings. The van der Waals surface area contributed by atoms with E-state index in [9.17, 15) is 0 Å². The van der Waals surface area contributed by atoms with Crippen LogP contribution in [0, 0.1) is 5.41 Å². The van der Waals surface area contributed by atoms with Crippen LogP contribution in [0.15, 0.2) is 12.7 Å². The summed E-state index contributed by atoms with van der Waals surface area (Å²) in [5.74, 6) is 0.848. The molecule has 0 spiro atoms. The van der Waals surface area contributed by atoms with Crippen molar-refractivity contribution in [2.24, 2.45) is 5.41 Å². The molecule has 0 nitrogen and oxygen atoms in total. The molecule has 0 unspecified atom stereocenters. The van der Waals surface area contributed by atoms with Gasteiger partial charge in [0, 0.05) is 5.88 Å². The second-order valence-corrected chi connectivity index (χ2v) is 3.58. The lowest BCUT2D eigenvalue weighted by Crippen LogP contribution is -2.30. The van der Waals surface area contributed by atoms with E-state index in [0.717, 1.165) is 12.3 Å². The zero-order valence-electron chi connectivity index (χ0n) is 6.41. The van der Waals surface area contributed by atoms with Gasteiger partial charge in [-0.1, -0.05) is 12.5 Å². The number of rotatable bonds is 4. The lowest BCUT2D eigenvalue weighted by atomic mass is 9.67. The van der Waals surface area contributed by atoms with E-state index in [1.807, 2.05) is 6.08 Å². The van der Waals surface area contributed by atoms with Crippen molar-refractivity contribution in [1.29, 1.82) is 0 Å². The highest BCUT2D eigenvalue weighted by Crippen LogP contribution is 2.45. The minimum Gasteiger partial charge on any atom is -0.126 e. The van der Waals surface area contributed by atoms with Crippen molar-refractivity contribution in [2.45, 2.75) is 32.1 Å². The molecule has 1 aliphatic carbocycles. The van der Waals surface area contributed by atoms with E-state index < -0.39 is 0 Å². The first-order valence-electron chi connectivity index (χ1n) is 4.00. The molecule has 0 aliphatic heterocycles. The van der Waals surface area contributed by atoms with E-state index in [2.05, 4.69) is 6.58 Å². The topological polar surface area (TPSA) is 0 Å². The summed E-state index contributed by atoms with van der Waals surface area (Å²) < 4.78 is 0. The van der Waals surface area contributed by atoms with Gasteiger partial charge in [0.25, 0.3) is 0 Å². The number of allylic oxidation sites excluding steroid dienone is 1. The van der Waals surface area contributed by atoms with Crippen molar-refractivity contribution in [3.05, 3.63) is 12.7 Å². The molecule has 10 heavy (non-hydrogen) atoms. The van der Waals surface area contributed by atoms with Crippen molar-refractivity contribution in [3.8, 4) is 0 Å². The monoisotopic (exact) mass is 158 g/mol. The highest BCUT2D eigenvalue weighted by Gasteiger charge is 2.34. The average Bonchev–Trinajstić information content (AvgIpc) is 1.87. The lowest BCUT2D eigenvalue weighted by Gasteiger charge is -2.40. The third-order valence-electron chi connectivity index (χ3n) is 2.58. The first kappa shape index (κ1) is 8.13. The maximum atomic E-state index is 5.86. The Morgan fingerprint density at radius 2 is 2.20 bits per heavy atom. The molecule has 58 valence electrons. The predicted octanol–water partition coefficient (Wildman–Crippen LogP) is 3.36. The average molecular weight is 159 g/mol. The van der Waals surface area contributed by atoms with Crippen LogP contribution < -0.4 is 0 Å². The molecule has 1 aliphatic rings. The minimum atomic E-state index is 0.510. The molecule has 1 heteroatoms. The molecule has 0 bridgehead atoms. The molecule has 0 radical (unpaired) electrons. The number of alkyl halides is 1. The fourth-order valence-corrected chi connectivity index (χ4v) is 1.94. The van der Waals surface area contributed by atoms with Gasteiger partial charge in [-0.3, -0.25) is 0 Å². The van der Waals surface area contributed by atoms with Gasteiger partial charge in [-0.05, 0) is 31.1 Å². The summed E-state index contributed by atoms with van der Waals surface area (Å²) in [5.41, 5.74) is 0.510. The maximum Gasteiger partial charge on any atom is 0.0280 e. The number of hydrogen-bond acceptors (Lipinski definition) is 0. The molecule has 1 rings (SSSR count). The Morgan fingerprint density at radius 1 is 1.50 bits per heavy atom. The van der Waals surface area contributed by atoms with E-state index in [1.54, 1.807) is 0 Å². The van der Waals surface area contributed by atoms with Gasteiger partial charge in [0.15, 0.2) is 0 Å². The zero-order valence-corrected chi connectivity index (χ0v) is 7.16. The fraction of sp³-hybridized carbons (Fsp3) is 0.778. The summed E-state index contributed by atoms with van der Waals surface area (Å²) >= 11 is 5.86. The van der Waals surface area contributed by atoms with Crippen molar-refractivity contribution in [3.63, 3.8) is 0 Å². The van der Waals surface area contributed by atoms with E-state index in [4.69, 9.17) is 11.6 Å². The van der Waals surface area contributed by atoms with E-state index in [1.165, 1.54) is 25.7 Å². The Kier molecular flexibility index (Phi) is 2.79. The zero-order chi connectivity index (χ0) is 7.45. The largest absolute Gasteiger partial charge is 0.126 e. The Balaban J connectivity index is 2.26. The molecule has 0 N–H and O–H groups in total. The first-order chi connectivity index (χ1) is 4.83. The van der Waals surface area contributed by atoms with Crippen LogP contribution in [0.5, 0.6) is 0 Å². The molecule has 1 fully saturated rings. The van der Waals surface area contributed by atoms with Gasteiger partial charge in [0.1, 0.15) is 0 Å². The molecular weight excluding hydrogens is 144 g/mol. The maximum absolute atomic E-state index is 5.86. The molecule has 0 saturated heterocycles. The molecule has 0 aromatic heterocycles. The summed E-state index contributed by atoms with van der Waals surface area (Å²) in [6.45, 7) is 3.71. The summed E-state index contributed by atoms with van der Waals surface area (Å²) in [6, 6.07) is 0. The first-order valence-corrected chi connectivity index (χ1v) is 4.53. The van der Waals surface area contributed by atoms with Crippen molar-refractivity contribution in [1.82, 2.24) is 0 Å².